The third kappa shape index (κ3) is 3.63. The highest BCUT2D eigenvalue weighted by Crippen LogP contribution is 2.13. The van der Waals surface area contributed by atoms with Crippen molar-refractivity contribution in [2.75, 3.05) is 0 Å². The molecule has 0 saturated carbocycles. The van der Waals surface area contributed by atoms with Crippen LogP contribution in [-0.4, -0.2) is 0 Å². The first kappa shape index (κ1) is 10.3. The lowest BCUT2D eigenvalue weighted by Gasteiger charge is -2.09. The van der Waals surface area contributed by atoms with Crippen LogP contribution in [0.2, 0.25) is 0 Å². The Balaban J connectivity index is 2.49. The van der Waals surface area contributed by atoms with Gasteiger partial charge in [-0.25, -0.2) is 0 Å². The average molecular weight is 176 g/mol. The summed E-state index contributed by atoms with van der Waals surface area (Å²) in [5, 5.41) is 0. The van der Waals surface area contributed by atoms with Gasteiger partial charge in [-0.1, -0.05) is 56.5 Å². The second-order valence-electron chi connectivity index (χ2n) is 4.08. The van der Waals surface area contributed by atoms with Gasteiger partial charge in [-0.15, -0.1) is 0 Å². The number of hydrogen-bond acceptors (Lipinski definition) is 0. The van der Waals surface area contributed by atoms with E-state index in [0.29, 0.717) is 0 Å². The number of hydrogen-bond donors (Lipinski definition) is 0. The van der Waals surface area contributed by atoms with Gasteiger partial charge in [0.05, 0.1) is 0 Å². The lowest BCUT2D eigenvalue weighted by molar-refractivity contribution is 0.522. The maximum Gasteiger partial charge on any atom is -0.0253 e. The van der Waals surface area contributed by atoms with Crippen molar-refractivity contribution in [2.45, 2.75) is 40.0 Å². The molecule has 1 aromatic carbocycles. The van der Waals surface area contributed by atoms with Crippen LogP contribution in [0.1, 0.15) is 37.8 Å². The van der Waals surface area contributed by atoms with E-state index in [9.17, 15) is 0 Å². The van der Waals surface area contributed by atoms with Gasteiger partial charge in [0, 0.05) is 0 Å². The molecule has 1 atom stereocenters. The van der Waals surface area contributed by atoms with Crippen molar-refractivity contribution < 1.29 is 0 Å². The molecule has 0 saturated heterocycles. The van der Waals surface area contributed by atoms with E-state index in [1.54, 1.807) is 0 Å². The molecule has 1 unspecified atom stereocenters. The Kier molecular flexibility index (Phi) is 4.01. The zero-order valence-electron chi connectivity index (χ0n) is 9.01. The number of aryl methyl sites for hydroxylation is 1. The number of rotatable bonds is 4. The molecular weight excluding hydrogens is 156 g/mol. The summed E-state index contributed by atoms with van der Waals surface area (Å²) in [7, 11) is 0. The van der Waals surface area contributed by atoms with Crippen LogP contribution in [0.4, 0.5) is 0 Å². The molecule has 0 amide bonds. The highest BCUT2D eigenvalue weighted by atomic mass is 14.1. The Morgan fingerprint density at radius 3 is 2.31 bits per heavy atom. The van der Waals surface area contributed by atoms with E-state index in [4.69, 9.17) is 0 Å². The third-order valence-electron chi connectivity index (χ3n) is 2.49. The normalized spacial score (nSPS) is 12.8. The van der Waals surface area contributed by atoms with Crippen molar-refractivity contribution in [3.63, 3.8) is 0 Å². The van der Waals surface area contributed by atoms with Gasteiger partial charge in [0.2, 0.25) is 0 Å². The summed E-state index contributed by atoms with van der Waals surface area (Å²) < 4.78 is 0. The maximum atomic E-state index is 2.34. The maximum absolute atomic E-state index is 2.34. The van der Waals surface area contributed by atoms with Crippen molar-refractivity contribution in [1.29, 1.82) is 0 Å². The molecule has 0 aromatic heterocycles. The molecule has 0 radical (unpaired) electrons. The molecular formula is C13H20. The van der Waals surface area contributed by atoms with Crippen molar-refractivity contribution >= 4 is 0 Å². The van der Waals surface area contributed by atoms with Gasteiger partial charge >= 0.3 is 0 Å². The molecule has 72 valence electrons. The van der Waals surface area contributed by atoms with E-state index in [2.05, 4.69) is 45.0 Å². The highest BCUT2D eigenvalue weighted by molar-refractivity contribution is 5.21. The smallest absolute Gasteiger partial charge is 0.0253 e. The number of benzene rings is 1. The highest BCUT2D eigenvalue weighted by Gasteiger charge is 2.01. The van der Waals surface area contributed by atoms with Crippen LogP contribution in [0.15, 0.2) is 24.3 Å². The molecule has 1 rings (SSSR count). The lowest BCUT2D eigenvalue weighted by Crippen LogP contribution is -1.98. The zero-order chi connectivity index (χ0) is 9.68. The quantitative estimate of drug-likeness (QED) is 0.651. The fraction of sp³-hybridized carbons (Fsp3) is 0.538. The predicted molar refractivity (Wildman–Crippen MR) is 59.0 cm³/mol. The molecule has 0 aliphatic carbocycles. The topological polar surface area (TPSA) is 0 Å². The molecule has 0 spiro atoms. The van der Waals surface area contributed by atoms with Gasteiger partial charge in [0.1, 0.15) is 0 Å². The van der Waals surface area contributed by atoms with Gasteiger partial charge in [-0.2, -0.15) is 0 Å². The summed E-state index contributed by atoms with van der Waals surface area (Å²) in [6.45, 7) is 6.73. The first-order valence-electron chi connectivity index (χ1n) is 5.28. The molecule has 0 N–H and O–H groups in total. The molecule has 0 aliphatic rings. The predicted octanol–water partition coefficient (Wildman–Crippen LogP) is 3.97. The molecule has 1 aromatic rings. The molecule has 0 fully saturated rings. The SMILES string of the molecule is CCCC(C)Cc1ccc(C)cc1. The van der Waals surface area contributed by atoms with Crippen LogP contribution in [-0.2, 0) is 6.42 Å². The van der Waals surface area contributed by atoms with Crippen LogP contribution in [0.25, 0.3) is 0 Å². The molecule has 0 heterocycles. The van der Waals surface area contributed by atoms with Crippen LogP contribution in [0.3, 0.4) is 0 Å². The van der Waals surface area contributed by atoms with Gasteiger partial charge in [-0.05, 0) is 24.8 Å². The molecule has 0 heteroatoms. The Labute approximate surface area is 82.0 Å². The molecule has 0 bridgehead atoms. The zero-order valence-corrected chi connectivity index (χ0v) is 9.01. The van der Waals surface area contributed by atoms with E-state index in [1.165, 1.54) is 30.4 Å². The minimum Gasteiger partial charge on any atom is -0.0654 e. The Hall–Kier alpha value is -0.780. The van der Waals surface area contributed by atoms with Crippen LogP contribution in [0, 0.1) is 12.8 Å². The van der Waals surface area contributed by atoms with Gasteiger partial charge in [0.25, 0.3) is 0 Å². The van der Waals surface area contributed by atoms with E-state index < -0.39 is 0 Å². The summed E-state index contributed by atoms with van der Waals surface area (Å²) in [5.41, 5.74) is 2.83. The van der Waals surface area contributed by atoms with Gasteiger partial charge in [-0.3, -0.25) is 0 Å². The Morgan fingerprint density at radius 1 is 1.15 bits per heavy atom. The van der Waals surface area contributed by atoms with Gasteiger partial charge < -0.3 is 0 Å². The van der Waals surface area contributed by atoms with E-state index in [1.807, 2.05) is 0 Å². The van der Waals surface area contributed by atoms with Crippen molar-refractivity contribution in [1.82, 2.24) is 0 Å². The summed E-state index contributed by atoms with van der Waals surface area (Å²) >= 11 is 0. The van der Waals surface area contributed by atoms with Crippen LogP contribution in [0.5, 0.6) is 0 Å². The average Bonchev–Trinajstić information content (AvgIpc) is 2.09. The Bertz CT molecular complexity index is 233. The molecule has 0 nitrogen and oxygen atoms in total. The minimum atomic E-state index is 0.827. The summed E-state index contributed by atoms with van der Waals surface area (Å²) in [6, 6.07) is 8.91. The molecule has 13 heavy (non-hydrogen) atoms. The third-order valence-corrected chi connectivity index (χ3v) is 2.49. The Morgan fingerprint density at radius 2 is 1.77 bits per heavy atom. The monoisotopic (exact) mass is 176 g/mol. The minimum absolute atomic E-state index is 0.827. The fourth-order valence-electron chi connectivity index (χ4n) is 1.72. The van der Waals surface area contributed by atoms with Crippen LogP contribution < -0.4 is 0 Å². The first-order chi connectivity index (χ1) is 6.22. The lowest BCUT2D eigenvalue weighted by atomic mass is 9.96. The van der Waals surface area contributed by atoms with Crippen molar-refractivity contribution in [2.24, 2.45) is 5.92 Å². The van der Waals surface area contributed by atoms with Gasteiger partial charge in [0.15, 0.2) is 0 Å². The van der Waals surface area contributed by atoms with Crippen molar-refractivity contribution in [3.05, 3.63) is 35.4 Å². The largest absolute Gasteiger partial charge is 0.0654 e. The standard InChI is InChI=1S/C13H20/c1-4-5-12(3)10-13-8-6-11(2)7-9-13/h6-9,12H,4-5,10H2,1-3H3. The van der Waals surface area contributed by atoms with E-state index >= 15 is 0 Å². The van der Waals surface area contributed by atoms with Crippen molar-refractivity contribution in [3.8, 4) is 0 Å². The second-order valence-corrected chi connectivity index (χ2v) is 4.08. The summed E-state index contributed by atoms with van der Waals surface area (Å²) in [5.74, 6) is 0.827. The van der Waals surface area contributed by atoms with E-state index in [-0.39, 0.29) is 0 Å². The molecule has 0 aliphatic heterocycles. The fourth-order valence-corrected chi connectivity index (χ4v) is 1.72. The summed E-state index contributed by atoms with van der Waals surface area (Å²) in [6.07, 6.45) is 3.87. The van der Waals surface area contributed by atoms with Crippen LogP contribution >= 0.6 is 0 Å². The summed E-state index contributed by atoms with van der Waals surface area (Å²) in [4.78, 5) is 0. The second kappa shape index (κ2) is 5.06. The van der Waals surface area contributed by atoms with E-state index in [0.717, 1.165) is 5.92 Å². The first-order valence-corrected chi connectivity index (χ1v) is 5.28.